The molecule has 1 aromatic carbocycles. The molecule has 0 saturated heterocycles. The van der Waals surface area contributed by atoms with Gasteiger partial charge in [-0.05, 0) is 30.2 Å². The van der Waals surface area contributed by atoms with Crippen LogP contribution in [0.5, 0.6) is 0 Å². The summed E-state index contributed by atoms with van der Waals surface area (Å²) < 4.78 is 1.03. The van der Waals surface area contributed by atoms with E-state index in [1.54, 1.807) is 0 Å². The van der Waals surface area contributed by atoms with Crippen molar-refractivity contribution in [2.75, 3.05) is 0 Å². The van der Waals surface area contributed by atoms with Crippen LogP contribution in [0.2, 0.25) is 0 Å². The van der Waals surface area contributed by atoms with E-state index in [0.717, 1.165) is 21.3 Å². The zero-order valence-electron chi connectivity index (χ0n) is 9.52. The average Bonchev–Trinajstić information content (AvgIpc) is 2.35. The van der Waals surface area contributed by atoms with E-state index < -0.39 is 0 Å². The number of hydrazine groups is 1. The Labute approximate surface area is 109 Å². The van der Waals surface area contributed by atoms with Gasteiger partial charge < -0.3 is 0 Å². The predicted octanol–water partition coefficient (Wildman–Crippen LogP) is 2.71. The summed E-state index contributed by atoms with van der Waals surface area (Å²) >= 11 is 3.53. The van der Waals surface area contributed by atoms with Crippen molar-refractivity contribution in [3.05, 3.63) is 63.9 Å². The summed E-state index contributed by atoms with van der Waals surface area (Å²) in [5, 5.41) is 0. The van der Waals surface area contributed by atoms with Crippen molar-refractivity contribution in [3.63, 3.8) is 0 Å². The van der Waals surface area contributed by atoms with Gasteiger partial charge in [-0.15, -0.1) is 0 Å². The van der Waals surface area contributed by atoms with Crippen LogP contribution in [0.15, 0.2) is 47.1 Å². The van der Waals surface area contributed by atoms with Crippen LogP contribution in [0.4, 0.5) is 0 Å². The van der Waals surface area contributed by atoms with Crippen LogP contribution >= 0.6 is 15.9 Å². The summed E-state index contributed by atoms with van der Waals surface area (Å²) in [7, 11) is 0. The third-order valence-electron chi connectivity index (χ3n) is 2.65. The molecule has 4 heteroatoms. The molecule has 1 heterocycles. The fourth-order valence-corrected chi connectivity index (χ4v) is 2.24. The number of aryl methyl sites for hydroxylation is 1. The molecule has 3 N–H and O–H groups in total. The monoisotopic (exact) mass is 291 g/mol. The van der Waals surface area contributed by atoms with Crippen molar-refractivity contribution >= 4 is 15.9 Å². The highest BCUT2D eigenvalue weighted by Gasteiger charge is 2.14. The lowest BCUT2D eigenvalue weighted by atomic mass is 10.0. The van der Waals surface area contributed by atoms with E-state index in [-0.39, 0.29) is 6.04 Å². The van der Waals surface area contributed by atoms with Crippen LogP contribution in [0, 0.1) is 6.92 Å². The van der Waals surface area contributed by atoms with E-state index in [0.29, 0.717) is 0 Å². The SMILES string of the molecule is Cc1ccc(C(NN)c2ccccc2Br)cn1. The number of hydrogen-bond donors (Lipinski definition) is 2. The van der Waals surface area contributed by atoms with E-state index >= 15 is 0 Å². The van der Waals surface area contributed by atoms with E-state index in [9.17, 15) is 0 Å². The summed E-state index contributed by atoms with van der Waals surface area (Å²) in [4.78, 5) is 4.29. The van der Waals surface area contributed by atoms with Gasteiger partial charge in [0.15, 0.2) is 0 Å². The zero-order chi connectivity index (χ0) is 12.3. The fourth-order valence-electron chi connectivity index (χ4n) is 1.72. The lowest BCUT2D eigenvalue weighted by molar-refractivity contribution is 0.632. The van der Waals surface area contributed by atoms with Crippen molar-refractivity contribution in [2.45, 2.75) is 13.0 Å². The van der Waals surface area contributed by atoms with E-state index in [1.807, 2.05) is 49.5 Å². The van der Waals surface area contributed by atoms with Crippen LogP contribution in [-0.2, 0) is 0 Å². The second kappa shape index (κ2) is 5.40. The second-order valence-corrected chi connectivity index (χ2v) is 4.71. The zero-order valence-corrected chi connectivity index (χ0v) is 11.1. The first-order chi connectivity index (χ1) is 8.22. The topological polar surface area (TPSA) is 50.9 Å². The normalized spacial score (nSPS) is 12.4. The summed E-state index contributed by atoms with van der Waals surface area (Å²) in [6, 6.07) is 12.0. The second-order valence-electron chi connectivity index (χ2n) is 3.85. The fraction of sp³-hybridized carbons (Fsp3) is 0.154. The van der Waals surface area contributed by atoms with Crippen LogP contribution in [0.1, 0.15) is 22.9 Å². The Hall–Kier alpha value is -1.23. The number of benzene rings is 1. The maximum Gasteiger partial charge on any atom is 0.0735 e. The molecule has 0 aliphatic heterocycles. The minimum absolute atomic E-state index is 0.0568. The Kier molecular flexibility index (Phi) is 3.89. The molecule has 2 aromatic rings. The van der Waals surface area contributed by atoms with Crippen LogP contribution in [0.3, 0.4) is 0 Å². The Morgan fingerprint density at radius 1 is 1.24 bits per heavy atom. The Morgan fingerprint density at radius 3 is 2.59 bits per heavy atom. The van der Waals surface area contributed by atoms with Gasteiger partial charge in [0.1, 0.15) is 0 Å². The largest absolute Gasteiger partial charge is 0.271 e. The number of hydrogen-bond acceptors (Lipinski definition) is 3. The lowest BCUT2D eigenvalue weighted by Crippen LogP contribution is -2.29. The summed E-state index contributed by atoms with van der Waals surface area (Å²) in [5.41, 5.74) is 5.97. The number of nitrogens with two attached hydrogens (primary N) is 1. The molecular weight excluding hydrogens is 278 g/mol. The molecule has 0 aliphatic rings. The van der Waals surface area contributed by atoms with Crippen molar-refractivity contribution in [1.82, 2.24) is 10.4 Å². The number of nitrogens with zero attached hydrogens (tertiary/aromatic N) is 1. The van der Waals surface area contributed by atoms with Crippen molar-refractivity contribution in [1.29, 1.82) is 0 Å². The Balaban J connectivity index is 2.40. The van der Waals surface area contributed by atoms with Gasteiger partial charge in [0.25, 0.3) is 0 Å². The molecule has 0 fully saturated rings. The number of halogens is 1. The standard InChI is InChI=1S/C13H14BrN3/c1-9-6-7-10(8-16-9)13(17-15)11-4-2-3-5-12(11)14/h2-8,13,17H,15H2,1H3. The van der Waals surface area contributed by atoms with Gasteiger partial charge in [-0.25, -0.2) is 5.43 Å². The highest BCUT2D eigenvalue weighted by atomic mass is 79.9. The average molecular weight is 292 g/mol. The molecule has 1 aromatic heterocycles. The van der Waals surface area contributed by atoms with E-state index in [2.05, 4.69) is 26.3 Å². The number of aromatic nitrogens is 1. The quantitative estimate of drug-likeness (QED) is 0.675. The first-order valence-electron chi connectivity index (χ1n) is 5.35. The highest BCUT2D eigenvalue weighted by molar-refractivity contribution is 9.10. The van der Waals surface area contributed by atoms with Crippen LogP contribution < -0.4 is 11.3 Å². The summed E-state index contributed by atoms with van der Waals surface area (Å²) in [6.07, 6.45) is 1.85. The molecule has 2 rings (SSSR count). The van der Waals surface area contributed by atoms with Gasteiger partial charge in [0, 0.05) is 16.4 Å². The smallest absolute Gasteiger partial charge is 0.0735 e. The van der Waals surface area contributed by atoms with Gasteiger partial charge >= 0.3 is 0 Å². The third kappa shape index (κ3) is 2.72. The highest BCUT2D eigenvalue weighted by Crippen LogP contribution is 2.27. The molecule has 0 amide bonds. The first-order valence-corrected chi connectivity index (χ1v) is 6.15. The summed E-state index contributed by atoms with van der Waals surface area (Å²) in [6.45, 7) is 1.97. The molecule has 0 spiro atoms. The Morgan fingerprint density at radius 2 is 2.00 bits per heavy atom. The lowest BCUT2D eigenvalue weighted by Gasteiger charge is -2.18. The van der Waals surface area contributed by atoms with Crippen molar-refractivity contribution in [3.8, 4) is 0 Å². The number of pyridine rings is 1. The summed E-state index contributed by atoms with van der Waals surface area (Å²) in [5.74, 6) is 5.65. The molecule has 3 nitrogen and oxygen atoms in total. The van der Waals surface area contributed by atoms with Crippen molar-refractivity contribution < 1.29 is 0 Å². The molecule has 17 heavy (non-hydrogen) atoms. The maximum atomic E-state index is 5.65. The maximum absolute atomic E-state index is 5.65. The van der Waals surface area contributed by atoms with Gasteiger partial charge in [0.05, 0.1) is 6.04 Å². The van der Waals surface area contributed by atoms with Gasteiger partial charge in [-0.1, -0.05) is 40.2 Å². The minimum Gasteiger partial charge on any atom is -0.271 e. The minimum atomic E-state index is -0.0568. The third-order valence-corrected chi connectivity index (χ3v) is 3.37. The predicted molar refractivity (Wildman–Crippen MR) is 72.3 cm³/mol. The van der Waals surface area contributed by atoms with E-state index in [1.165, 1.54) is 0 Å². The van der Waals surface area contributed by atoms with Gasteiger partial charge in [-0.2, -0.15) is 0 Å². The molecular formula is C13H14BrN3. The molecule has 1 unspecified atom stereocenters. The van der Waals surface area contributed by atoms with E-state index in [4.69, 9.17) is 5.84 Å². The van der Waals surface area contributed by atoms with Crippen LogP contribution in [0.25, 0.3) is 0 Å². The molecule has 0 saturated carbocycles. The van der Waals surface area contributed by atoms with Crippen LogP contribution in [-0.4, -0.2) is 4.98 Å². The molecule has 1 atom stereocenters. The molecule has 0 aliphatic carbocycles. The van der Waals surface area contributed by atoms with Gasteiger partial charge in [0.2, 0.25) is 0 Å². The number of nitrogens with one attached hydrogen (secondary N) is 1. The molecule has 0 bridgehead atoms. The first kappa shape index (κ1) is 12.2. The molecule has 88 valence electrons. The molecule has 0 radical (unpaired) electrons. The Bertz CT molecular complexity index is 496. The van der Waals surface area contributed by atoms with Gasteiger partial charge in [-0.3, -0.25) is 10.8 Å². The van der Waals surface area contributed by atoms with Crippen molar-refractivity contribution in [2.24, 2.45) is 5.84 Å². The number of rotatable bonds is 3.